The van der Waals surface area contributed by atoms with Crippen LogP contribution in [0, 0.1) is 0 Å². The Hall–Kier alpha value is -4.25. The van der Waals surface area contributed by atoms with Crippen LogP contribution >= 0.6 is 0 Å². The van der Waals surface area contributed by atoms with E-state index in [0.717, 1.165) is 16.3 Å². The van der Waals surface area contributed by atoms with Gasteiger partial charge in [-0.25, -0.2) is 9.79 Å². The zero-order chi connectivity index (χ0) is 20.7. The number of amidine groups is 1. The Kier molecular flexibility index (Phi) is 2.91. The summed E-state index contributed by atoms with van der Waals surface area (Å²) < 4.78 is 5.88. The molecule has 0 amide bonds. The molecule has 4 aromatic rings. The van der Waals surface area contributed by atoms with Crippen molar-refractivity contribution in [1.82, 2.24) is 0 Å². The number of esters is 1. The Morgan fingerprint density at radius 2 is 1.58 bits per heavy atom. The van der Waals surface area contributed by atoms with Crippen molar-refractivity contribution < 1.29 is 14.3 Å². The molecule has 0 saturated heterocycles. The molecule has 1 unspecified atom stereocenters. The van der Waals surface area contributed by atoms with Crippen LogP contribution in [0.3, 0.4) is 0 Å². The van der Waals surface area contributed by atoms with Gasteiger partial charge in [0, 0.05) is 16.7 Å². The van der Waals surface area contributed by atoms with Crippen LogP contribution in [0.2, 0.25) is 0 Å². The van der Waals surface area contributed by atoms with E-state index in [9.17, 15) is 9.59 Å². The Morgan fingerprint density at radius 1 is 0.806 bits per heavy atom. The Labute approximate surface area is 177 Å². The lowest BCUT2D eigenvalue weighted by atomic mass is 9.78. The van der Waals surface area contributed by atoms with E-state index < -0.39 is 11.5 Å². The lowest BCUT2D eigenvalue weighted by Gasteiger charge is -2.41. The summed E-state index contributed by atoms with van der Waals surface area (Å²) in [5.41, 5.74) is 1.94. The Bertz CT molecular complexity index is 1520. The van der Waals surface area contributed by atoms with Gasteiger partial charge in [-0.15, -0.1) is 0 Å². The van der Waals surface area contributed by atoms with E-state index in [2.05, 4.69) is 0 Å². The zero-order valence-electron chi connectivity index (χ0n) is 16.2. The van der Waals surface area contributed by atoms with Gasteiger partial charge in [0.05, 0.1) is 11.4 Å². The molecule has 0 N–H and O–H groups in total. The summed E-state index contributed by atoms with van der Waals surface area (Å²) in [4.78, 5) is 33.7. The summed E-state index contributed by atoms with van der Waals surface area (Å²) in [6.45, 7) is 0. The van der Waals surface area contributed by atoms with Crippen LogP contribution in [-0.2, 0) is 10.3 Å². The van der Waals surface area contributed by atoms with Crippen LogP contribution in [0.15, 0.2) is 89.9 Å². The van der Waals surface area contributed by atoms with Gasteiger partial charge >= 0.3 is 5.97 Å². The maximum atomic E-state index is 13.8. The third-order valence-corrected chi connectivity index (χ3v) is 6.41. The van der Waals surface area contributed by atoms with Gasteiger partial charge in [-0.1, -0.05) is 60.7 Å². The number of ketones is 1. The second-order valence-corrected chi connectivity index (χ2v) is 7.89. The molecule has 7 rings (SSSR count). The predicted octanol–water partition coefficient (Wildman–Crippen LogP) is 4.75. The summed E-state index contributed by atoms with van der Waals surface area (Å²) in [7, 11) is 0. The van der Waals surface area contributed by atoms with Crippen molar-refractivity contribution in [2.24, 2.45) is 4.99 Å². The number of rotatable bonds is 0. The molecule has 3 heterocycles. The fourth-order valence-corrected chi connectivity index (χ4v) is 5.18. The highest BCUT2D eigenvalue weighted by molar-refractivity contribution is 6.56. The lowest BCUT2D eigenvalue weighted by Crippen LogP contribution is -2.55. The van der Waals surface area contributed by atoms with E-state index in [4.69, 9.17) is 9.73 Å². The van der Waals surface area contributed by atoms with E-state index in [0.29, 0.717) is 28.3 Å². The fraction of sp³-hybridized carbons (Fsp3) is 0.0385. The van der Waals surface area contributed by atoms with Gasteiger partial charge < -0.3 is 4.74 Å². The molecule has 0 fully saturated rings. The second kappa shape index (κ2) is 5.46. The standard InChI is InChI=1S/C26H14N2O3/c29-23-17-9-3-6-12-20(17)28-24(23)27-19-11-5-4-10-18(19)26(28)22-16-8-2-1-7-15(16)13-14-21(22)31-25(26)30/h1-14H. The number of ether oxygens (including phenoxy) is 1. The van der Waals surface area contributed by atoms with Gasteiger partial charge in [0.25, 0.3) is 0 Å². The number of anilines is 1. The molecular weight excluding hydrogens is 388 g/mol. The summed E-state index contributed by atoms with van der Waals surface area (Å²) >= 11 is 0. The predicted molar refractivity (Wildman–Crippen MR) is 117 cm³/mol. The number of hydrogen-bond acceptors (Lipinski definition) is 5. The Morgan fingerprint density at radius 3 is 2.52 bits per heavy atom. The topological polar surface area (TPSA) is 59.0 Å². The largest absolute Gasteiger partial charge is 0.424 e. The molecule has 4 aromatic carbocycles. The van der Waals surface area contributed by atoms with E-state index in [-0.39, 0.29) is 11.6 Å². The van der Waals surface area contributed by atoms with Gasteiger partial charge in [0.1, 0.15) is 5.75 Å². The number of benzene rings is 4. The quantitative estimate of drug-likeness (QED) is 0.315. The molecule has 146 valence electrons. The smallest absolute Gasteiger partial charge is 0.347 e. The van der Waals surface area contributed by atoms with Crippen LogP contribution in [-0.4, -0.2) is 17.6 Å². The molecular formula is C26H14N2O3. The van der Waals surface area contributed by atoms with E-state index in [1.807, 2.05) is 78.9 Å². The summed E-state index contributed by atoms with van der Waals surface area (Å²) in [6.07, 6.45) is 0. The first-order chi connectivity index (χ1) is 15.2. The Balaban J connectivity index is 1.70. The summed E-state index contributed by atoms with van der Waals surface area (Å²) in [6, 6.07) is 26.5. The van der Waals surface area contributed by atoms with Crippen molar-refractivity contribution in [2.45, 2.75) is 5.54 Å². The van der Waals surface area contributed by atoms with Crippen molar-refractivity contribution in [3.05, 3.63) is 102 Å². The van der Waals surface area contributed by atoms with E-state index in [1.165, 1.54) is 0 Å². The minimum Gasteiger partial charge on any atom is -0.424 e. The third-order valence-electron chi connectivity index (χ3n) is 6.41. The molecule has 31 heavy (non-hydrogen) atoms. The molecule has 3 aliphatic rings. The number of carbonyl (C=O) groups excluding carboxylic acids is 2. The number of Topliss-reactive ketones (excluding diaryl/α,β-unsaturated/α-hetero) is 1. The van der Waals surface area contributed by atoms with Crippen molar-refractivity contribution in [3.8, 4) is 5.75 Å². The molecule has 0 aromatic heterocycles. The van der Waals surface area contributed by atoms with Crippen LogP contribution in [0.1, 0.15) is 21.5 Å². The minimum atomic E-state index is -1.33. The molecule has 0 saturated carbocycles. The van der Waals surface area contributed by atoms with E-state index >= 15 is 0 Å². The van der Waals surface area contributed by atoms with Crippen molar-refractivity contribution in [2.75, 3.05) is 4.90 Å². The summed E-state index contributed by atoms with van der Waals surface area (Å²) in [5, 5.41) is 1.91. The molecule has 0 bridgehead atoms. The number of hydrogen-bond donors (Lipinski definition) is 0. The minimum absolute atomic E-state index is 0.189. The number of carbonyl (C=O) groups is 2. The first kappa shape index (κ1) is 16.5. The maximum absolute atomic E-state index is 13.8. The highest BCUT2D eigenvalue weighted by atomic mass is 16.5. The molecule has 1 spiro atoms. The van der Waals surface area contributed by atoms with E-state index in [1.54, 1.807) is 11.0 Å². The number of para-hydroxylation sites is 2. The highest BCUT2D eigenvalue weighted by Crippen LogP contribution is 2.57. The number of aliphatic imine (C=N–C) groups is 1. The average molecular weight is 402 g/mol. The monoisotopic (exact) mass is 402 g/mol. The fourth-order valence-electron chi connectivity index (χ4n) is 5.18. The average Bonchev–Trinajstić information content (AvgIpc) is 3.26. The van der Waals surface area contributed by atoms with Gasteiger partial charge in [0.15, 0.2) is 5.84 Å². The maximum Gasteiger partial charge on any atom is 0.347 e. The summed E-state index contributed by atoms with van der Waals surface area (Å²) in [5.74, 6) is 0.142. The van der Waals surface area contributed by atoms with Crippen LogP contribution in [0.4, 0.5) is 11.4 Å². The van der Waals surface area contributed by atoms with Gasteiger partial charge in [-0.2, -0.15) is 0 Å². The first-order valence-electron chi connectivity index (χ1n) is 10.1. The van der Waals surface area contributed by atoms with Crippen molar-refractivity contribution in [3.63, 3.8) is 0 Å². The zero-order valence-corrected chi connectivity index (χ0v) is 16.2. The molecule has 3 aliphatic heterocycles. The van der Waals surface area contributed by atoms with Gasteiger partial charge in [-0.3, -0.25) is 9.69 Å². The van der Waals surface area contributed by atoms with Crippen LogP contribution in [0.25, 0.3) is 10.8 Å². The van der Waals surface area contributed by atoms with Crippen LogP contribution in [0.5, 0.6) is 5.75 Å². The molecule has 0 radical (unpaired) electrons. The van der Waals surface area contributed by atoms with Gasteiger partial charge in [-0.05, 0) is 35.0 Å². The normalized spacial score (nSPS) is 20.3. The second-order valence-electron chi connectivity index (χ2n) is 7.89. The molecule has 5 heteroatoms. The molecule has 1 atom stereocenters. The highest BCUT2D eigenvalue weighted by Gasteiger charge is 2.62. The SMILES string of the molecule is O=C1C2=Nc3ccccc3C3(C(=O)Oc4ccc5ccccc5c43)N2c2ccccc21. The number of fused-ring (bicyclic) bond motifs is 10. The van der Waals surface area contributed by atoms with Gasteiger partial charge in [0.2, 0.25) is 11.3 Å². The molecule has 5 nitrogen and oxygen atoms in total. The first-order valence-corrected chi connectivity index (χ1v) is 10.1. The lowest BCUT2D eigenvalue weighted by molar-refractivity contribution is -0.136. The van der Waals surface area contributed by atoms with Crippen LogP contribution < -0.4 is 9.64 Å². The third kappa shape index (κ3) is 1.80. The molecule has 0 aliphatic carbocycles. The number of nitrogens with zero attached hydrogens (tertiary/aromatic N) is 2. The van der Waals surface area contributed by atoms with Crippen molar-refractivity contribution in [1.29, 1.82) is 0 Å². The van der Waals surface area contributed by atoms with Crippen molar-refractivity contribution >= 4 is 39.7 Å².